The van der Waals surface area contributed by atoms with E-state index in [0.717, 1.165) is 39.1 Å². The lowest BCUT2D eigenvalue weighted by molar-refractivity contribution is 0.706. The van der Waals surface area contributed by atoms with Crippen LogP contribution >= 0.6 is 22.9 Å². The minimum absolute atomic E-state index is 0.135. The summed E-state index contributed by atoms with van der Waals surface area (Å²) in [7, 11) is 0. The fourth-order valence-corrected chi connectivity index (χ4v) is 4.51. The fourth-order valence-electron chi connectivity index (χ4n) is 3.55. The maximum Gasteiger partial charge on any atom is 0.207 e. The number of hydrogen-bond donors (Lipinski definition) is 0. The van der Waals surface area contributed by atoms with Crippen molar-refractivity contribution in [2.75, 3.05) is 5.01 Å². The highest BCUT2D eigenvalue weighted by Gasteiger charge is 2.31. The van der Waals surface area contributed by atoms with E-state index < -0.39 is 0 Å². The summed E-state index contributed by atoms with van der Waals surface area (Å²) < 4.78 is 0. The second kappa shape index (κ2) is 7.82. The molecule has 0 amide bonds. The van der Waals surface area contributed by atoms with E-state index in [2.05, 4.69) is 58.9 Å². The number of aromatic nitrogens is 1. The molecule has 29 heavy (non-hydrogen) atoms. The van der Waals surface area contributed by atoms with Crippen molar-refractivity contribution in [3.05, 3.63) is 106 Å². The van der Waals surface area contributed by atoms with E-state index in [-0.39, 0.29) is 6.04 Å². The van der Waals surface area contributed by atoms with Gasteiger partial charge in [-0.05, 0) is 23.3 Å². The number of anilines is 1. The zero-order valence-corrected chi connectivity index (χ0v) is 17.1. The summed E-state index contributed by atoms with van der Waals surface area (Å²) in [5.41, 5.74) is 5.48. The van der Waals surface area contributed by atoms with Gasteiger partial charge in [0, 0.05) is 22.4 Å². The van der Waals surface area contributed by atoms with Crippen LogP contribution in [-0.4, -0.2) is 10.7 Å². The Morgan fingerprint density at radius 3 is 2.24 bits per heavy atom. The van der Waals surface area contributed by atoms with Crippen molar-refractivity contribution in [1.29, 1.82) is 0 Å². The monoisotopic (exact) mass is 415 g/mol. The molecule has 0 spiro atoms. The van der Waals surface area contributed by atoms with E-state index in [1.54, 1.807) is 11.3 Å². The van der Waals surface area contributed by atoms with Crippen LogP contribution in [0.25, 0.3) is 11.3 Å². The van der Waals surface area contributed by atoms with Gasteiger partial charge in [-0.2, -0.15) is 5.10 Å². The van der Waals surface area contributed by atoms with Gasteiger partial charge in [-0.1, -0.05) is 84.4 Å². The molecule has 1 unspecified atom stereocenters. The van der Waals surface area contributed by atoms with Crippen LogP contribution < -0.4 is 5.01 Å². The molecular weight excluding hydrogens is 398 g/mol. The molecule has 0 bridgehead atoms. The van der Waals surface area contributed by atoms with Crippen molar-refractivity contribution in [1.82, 2.24) is 4.98 Å². The van der Waals surface area contributed by atoms with Crippen LogP contribution in [0.1, 0.15) is 23.6 Å². The predicted octanol–water partition coefficient (Wildman–Crippen LogP) is 6.82. The Kier molecular flexibility index (Phi) is 4.88. The molecular formula is C24H18ClN3S. The number of hydrazone groups is 1. The van der Waals surface area contributed by atoms with Gasteiger partial charge in [0.2, 0.25) is 5.13 Å². The van der Waals surface area contributed by atoms with Gasteiger partial charge < -0.3 is 0 Å². The zero-order valence-electron chi connectivity index (χ0n) is 15.6. The van der Waals surface area contributed by atoms with Crippen LogP contribution in [0, 0.1) is 0 Å². The fraction of sp³-hybridized carbons (Fsp3) is 0.0833. The van der Waals surface area contributed by atoms with E-state index in [9.17, 15) is 0 Å². The van der Waals surface area contributed by atoms with Crippen molar-refractivity contribution in [2.45, 2.75) is 12.5 Å². The number of nitrogens with zero attached hydrogens (tertiary/aromatic N) is 3. The molecule has 1 atom stereocenters. The van der Waals surface area contributed by atoms with Gasteiger partial charge in [0.05, 0.1) is 17.4 Å². The van der Waals surface area contributed by atoms with Gasteiger partial charge in [-0.3, -0.25) is 0 Å². The molecule has 1 aliphatic heterocycles. The van der Waals surface area contributed by atoms with E-state index in [4.69, 9.17) is 21.7 Å². The van der Waals surface area contributed by atoms with Crippen LogP contribution in [0.3, 0.4) is 0 Å². The topological polar surface area (TPSA) is 28.5 Å². The van der Waals surface area contributed by atoms with Crippen molar-refractivity contribution in [3.8, 4) is 11.3 Å². The Balaban J connectivity index is 1.53. The molecule has 2 heterocycles. The molecule has 0 N–H and O–H groups in total. The summed E-state index contributed by atoms with van der Waals surface area (Å²) in [5, 5.41) is 10.8. The maximum atomic E-state index is 6.03. The average molecular weight is 416 g/mol. The van der Waals surface area contributed by atoms with Gasteiger partial charge in [-0.25, -0.2) is 9.99 Å². The predicted molar refractivity (Wildman–Crippen MR) is 122 cm³/mol. The minimum atomic E-state index is 0.135. The summed E-state index contributed by atoms with van der Waals surface area (Å²) in [6, 6.07) is 28.8. The van der Waals surface area contributed by atoms with Crippen molar-refractivity contribution in [3.63, 3.8) is 0 Å². The molecule has 3 nitrogen and oxygen atoms in total. The lowest BCUT2D eigenvalue weighted by atomic mass is 9.99. The molecule has 0 saturated carbocycles. The van der Waals surface area contributed by atoms with Crippen LogP contribution in [0.2, 0.25) is 5.02 Å². The lowest BCUT2D eigenvalue weighted by Crippen LogP contribution is -2.18. The molecule has 5 rings (SSSR count). The lowest BCUT2D eigenvalue weighted by Gasteiger charge is -2.21. The molecule has 0 aliphatic carbocycles. The highest BCUT2D eigenvalue weighted by molar-refractivity contribution is 7.14. The normalized spacial score (nSPS) is 16.1. The Morgan fingerprint density at radius 1 is 0.828 bits per heavy atom. The van der Waals surface area contributed by atoms with E-state index >= 15 is 0 Å². The smallest absolute Gasteiger partial charge is 0.207 e. The highest BCUT2D eigenvalue weighted by Crippen LogP contribution is 2.39. The van der Waals surface area contributed by atoms with Crippen LogP contribution in [0.4, 0.5) is 5.13 Å². The Labute approximate surface area is 178 Å². The van der Waals surface area contributed by atoms with E-state index in [0.29, 0.717) is 0 Å². The van der Waals surface area contributed by atoms with Crippen LogP contribution in [0.15, 0.2) is 95.4 Å². The third-order valence-electron chi connectivity index (χ3n) is 5.03. The summed E-state index contributed by atoms with van der Waals surface area (Å²) in [6.07, 6.45) is 0.851. The zero-order chi connectivity index (χ0) is 19.6. The Hall–Kier alpha value is -2.95. The third kappa shape index (κ3) is 3.69. The molecule has 0 fully saturated rings. The standard InChI is InChI=1S/C24H18ClN3S/c25-20-13-11-18(12-14-20)22-16-29-24(26-22)28-23(19-9-5-2-6-10-19)15-21(27-28)17-7-3-1-4-8-17/h1-14,16,23H,15H2. The van der Waals surface area contributed by atoms with E-state index in [1.165, 1.54) is 5.56 Å². The van der Waals surface area contributed by atoms with Crippen molar-refractivity contribution < 1.29 is 0 Å². The first-order valence-corrected chi connectivity index (χ1v) is 10.7. The van der Waals surface area contributed by atoms with Crippen molar-refractivity contribution >= 4 is 33.8 Å². The Bertz CT molecular complexity index is 1140. The van der Waals surface area contributed by atoms with Gasteiger partial charge >= 0.3 is 0 Å². The number of rotatable bonds is 4. The molecule has 1 aromatic heterocycles. The second-order valence-corrected chi connectivity index (χ2v) is 8.18. The molecule has 0 saturated heterocycles. The first-order chi connectivity index (χ1) is 14.3. The SMILES string of the molecule is Clc1ccc(-c2csc(N3N=C(c4ccccc4)CC3c3ccccc3)n2)cc1. The summed E-state index contributed by atoms with van der Waals surface area (Å²) in [6.45, 7) is 0. The van der Waals surface area contributed by atoms with Gasteiger partial charge in [0.1, 0.15) is 0 Å². The second-order valence-electron chi connectivity index (χ2n) is 6.91. The minimum Gasteiger partial charge on any atom is -0.231 e. The first kappa shape index (κ1) is 18.1. The average Bonchev–Trinajstić information content (AvgIpc) is 3.43. The third-order valence-corrected chi connectivity index (χ3v) is 6.11. The highest BCUT2D eigenvalue weighted by atomic mass is 35.5. The molecule has 142 valence electrons. The number of thiazole rings is 1. The molecule has 1 aliphatic rings. The first-order valence-electron chi connectivity index (χ1n) is 9.46. The van der Waals surface area contributed by atoms with Gasteiger partial charge in [0.25, 0.3) is 0 Å². The summed E-state index contributed by atoms with van der Waals surface area (Å²) in [4.78, 5) is 4.89. The molecule has 4 aromatic rings. The maximum absolute atomic E-state index is 6.03. The molecule has 3 aromatic carbocycles. The quantitative estimate of drug-likeness (QED) is 0.366. The molecule has 5 heteroatoms. The van der Waals surface area contributed by atoms with Crippen molar-refractivity contribution in [2.24, 2.45) is 5.10 Å². The number of hydrogen-bond acceptors (Lipinski definition) is 4. The van der Waals surface area contributed by atoms with E-state index in [1.807, 2.05) is 36.4 Å². The molecule has 0 radical (unpaired) electrons. The van der Waals surface area contributed by atoms with Crippen LogP contribution in [0.5, 0.6) is 0 Å². The van der Waals surface area contributed by atoms with Crippen LogP contribution in [-0.2, 0) is 0 Å². The summed E-state index contributed by atoms with van der Waals surface area (Å²) >= 11 is 7.64. The van der Waals surface area contributed by atoms with Gasteiger partial charge in [0.15, 0.2) is 0 Å². The summed E-state index contributed by atoms with van der Waals surface area (Å²) in [5.74, 6) is 0. The largest absolute Gasteiger partial charge is 0.231 e. The van der Waals surface area contributed by atoms with Gasteiger partial charge in [-0.15, -0.1) is 11.3 Å². The number of benzene rings is 3. The number of halogens is 1. The Morgan fingerprint density at radius 2 is 1.52 bits per heavy atom.